The van der Waals surface area contributed by atoms with Gasteiger partial charge in [-0.05, 0) is 38.5 Å². The molecule has 1 atom stereocenters. The van der Waals surface area contributed by atoms with Crippen LogP contribution in [-0.4, -0.2) is 33.1 Å². The molecule has 1 aromatic carbocycles. The van der Waals surface area contributed by atoms with Gasteiger partial charge < -0.3 is 9.72 Å². The number of fused-ring (bicyclic) bond motifs is 1. The summed E-state index contributed by atoms with van der Waals surface area (Å²) in [5.41, 5.74) is 0.643. The number of benzene rings is 1. The maximum Gasteiger partial charge on any atom is 0.416 e. The van der Waals surface area contributed by atoms with E-state index in [-0.39, 0.29) is 0 Å². The van der Waals surface area contributed by atoms with E-state index in [0.717, 1.165) is 17.8 Å². The highest BCUT2D eigenvalue weighted by atomic mass is 19.4. The number of aromatic amines is 1. The molecule has 3 rings (SSSR count). The number of nitrogens with zero attached hydrogens (tertiary/aromatic N) is 2. The fourth-order valence-corrected chi connectivity index (χ4v) is 2.99. The molecule has 2 heterocycles. The van der Waals surface area contributed by atoms with Crippen molar-refractivity contribution in [3.8, 4) is 0 Å². The Kier molecular flexibility index (Phi) is 4.46. The molecule has 1 aromatic heterocycles. The van der Waals surface area contributed by atoms with Gasteiger partial charge in [0.2, 0.25) is 0 Å². The summed E-state index contributed by atoms with van der Waals surface area (Å²) in [5.74, 6) is 0. The second kappa shape index (κ2) is 6.34. The van der Waals surface area contributed by atoms with Crippen molar-refractivity contribution in [2.45, 2.75) is 45.0 Å². The van der Waals surface area contributed by atoms with Gasteiger partial charge in [-0.25, -0.2) is 9.78 Å². The van der Waals surface area contributed by atoms with Gasteiger partial charge in [-0.3, -0.25) is 4.90 Å². The Morgan fingerprint density at radius 1 is 1.23 bits per heavy atom. The highest BCUT2D eigenvalue weighted by Crippen LogP contribution is 2.36. The molecule has 0 fully saturated rings. The minimum absolute atomic E-state index is 0.385. The van der Waals surface area contributed by atoms with Crippen LogP contribution in [0, 0.1) is 0 Å². The lowest BCUT2D eigenvalue weighted by Gasteiger charge is -2.36. The molecule has 0 aliphatic carbocycles. The molecular formula is C18H20F3N3O2. The van der Waals surface area contributed by atoms with Crippen LogP contribution >= 0.6 is 0 Å². The molecule has 0 saturated carbocycles. The number of nitrogens with one attached hydrogen (secondary N) is 1. The van der Waals surface area contributed by atoms with E-state index in [4.69, 9.17) is 4.74 Å². The molecule has 140 valence electrons. The van der Waals surface area contributed by atoms with Crippen LogP contribution in [0.2, 0.25) is 0 Å². The van der Waals surface area contributed by atoms with Gasteiger partial charge in [0, 0.05) is 18.7 Å². The summed E-state index contributed by atoms with van der Waals surface area (Å²) in [6.45, 7) is 5.68. The Morgan fingerprint density at radius 2 is 1.88 bits per heavy atom. The van der Waals surface area contributed by atoms with Gasteiger partial charge in [0.1, 0.15) is 11.6 Å². The molecule has 0 saturated heterocycles. The Balaban J connectivity index is 1.98. The third kappa shape index (κ3) is 3.68. The average molecular weight is 367 g/mol. The molecule has 2 aromatic rings. The summed E-state index contributed by atoms with van der Waals surface area (Å²) < 4.78 is 44.0. The Morgan fingerprint density at radius 3 is 2.46 bits per heavy atom. The van der Waals surface area contributed by atoms with Gasteiger partial charge in [0.05, 0.1) is 17.6 Å². The van der Waals surface area contributed by atoms with Crippen molar-refractivity contribution in [1.29, 1.82) is 0 Å². The van der Waals surface area contributed by atoms with E-state index >= 15 is 0 Å². The van der Waals surface area contributed by atoms with Gasteiger partial charge in [-0.1, -0.05) is 12.1 Å². The minimum Gasteiger partial charge on any atom is -0.444 e. The standard InChI is InChI=1S/C18H20F3N3O2/c1-17(2,3)26-16(25)24-9-8-13-14(23-10-22-13)15(24)11-4-6-12(7-5-11)18(19,20)21/h4-7,10,15H,8-9H2,1-3H3,(H,22,23). The number of H-pyrrole nitrogens is 1. The minimum atomic E-state index is -4.41. The van der Waals surface area contributed by atoms with E-state index < -0.39 is 29.5 Å². The van der Waals surface area contributed by atoms with E-state index in [0.29, 0.717) is 24.2 Å². The Bertz CT molecular complexity index is 791. The van der Waals surface area contributed by atoms with E-state index in [1.807, 2.05) is 0 Å². The Labute approximate surface area is 149 Å². The number of hydrogen-bond donors (Lipinski definition) is 1. The van der Waals surface area contributed by atoms with Crippen LogP contribution in [0.25, 0.3) is 0 Å². The van der Waals surface area contributed by atoms with Crippen LogP contribution < -0.4 is 0 Å². The molecule has 0 bridgehead atoms. The van der Waals surface area contributed by atoms with Crippen molar-refractivity contribution in [1.82, 2.24) is 14.9 Å². The Hall–Kier alpha value is -2.51. The largest absolute Gasteiger partial charge is 0.444 e. The summed E-state index contributed by atoms with van der Waals surface area (Å²) in [5, 5.41) is 0. The highest BCUT2D eigenvalue weighted by molar-refractivity contribution is 5.70. The van der Waals surface area contributed by atoms with Crippen molar-refractivity contribution in [2.24, 2.45) is 0 Å². The maximum absolute atomic E-state index is 12.8. The maximum atomic E-state index is 12.8. The van der Waals surface area contributed by atoms with E-state index in [2.05, 4.69) is 9.97 Å². The number of imidazole rings is 1. The summed E-state index contributed by atoms with van der Waals surface area (Å²) in [4.78, 5) is 21.5. The molecule has 1 aliphatic rings. The fraction of sp³-hybridized carbons (Fsp3) is 0.444. The first-order valence-electron chi connectivity index (χ1n) is 8.25. The van der Waals surface area contributed by atoms with Crippen LogP contribution in [0.4, 0.5) is 18.0 Å². The predicted molar refractivity (Wildman–Crippen MR) is 88.5 cm³/mol. The first kappa shape index (κ1) is 18.3. The second-order valence-corrected chi connectivity index (χ2v) is 7.21. The first-order valence-corrected chi connectivity index (χ1v) is 8.25. The number of amides is 1. The zero-order chi connectivity index (χ0) is 19.1. The smallest absolute Gasteiger partial charge is 0.416 e. The number of carbonyl (C=O) groups is 1. The van der Waals surface area contributed by atoms with Crippen LogP contribution in [-0.2, 0) is 17.3 Å². The highest BCUT2D eigenvalue weighted by Gasteiger charge is 2.37. The van der Waals surface area contributed by atoms with E-state index in [1.165, 1.54) is 23.4 Å². The van der Waals surface area contributed by atoms with Crippen molar-refractivity contribution >= 4 is 6.09 Å². The summed E-state index contributed by atoms with van der Waals surface area (Å²) in [7, 11) is 0. The van der Waals surface area contributed by atoms with Crippen molar-refractivity contribution in [3.05, 3.63) is 53.1 Å². The van der Waals surface area contributed by atoms with Crippen molar-refractivity contribution in [3.63, 3.8) is 0 Å². The van der Waals surface area contributed by atoms with Crippen molar-refractivity contribution in [2.75, 3.05) is 6.54 Å². The monoisotopic (exact) mass is 367 g/mol. The van der Waals surface area contributed by atoms with Crippen LogP contribution in [0.1, 0.15) is 49.3 Å². The molecule has 1 N–H and O–H groups in total. The number of aromatic nitrogens is 2. The number of alkyl halides is 3. The quantitative estimate of drug-likeness (QED) is 0.817. The topological polar surface area (TPSA) is 58.2 Å². The molecule has 8 heteroatoms. The predicted octanol–water partition coefficient (Wildman–Crippen LogP) is 4.31. The van der Waals surface area contributed by atoms with Crippen LogP contribution in [0.3, 0.4) is 0 Å². The number of halogens is 3. The SMILES string of the molecule is CC(C)(C)OC(=O)N1CCc2[nH]cnc2C1c1ccc(C(F)(F)F)cc1. The summed E-state index contributed by atoms with van der Waals surface area (Å²) in [6.07, 6.45) is -2.82. The number of ether oxygens (including phenoxy) is 1. The molecule has 26 heavy (non-hydrogen) atoms. The molecule has 1 aliphatic heterocycles. The van der Waals surface area contributed by atoms with Crippen molar-refractivity contribution < 1.29 is 22.7 Å². The number of hydrogen-bond acceptors (Lipinski definition) is 3. The first-order chi connectivity index (χ1) is 12.1. The summed E-state index contributed by atoms with van der Waals surface area (Å²) >= 11 is 0. The lowest BCUT2D eigenvalue weighted by Crippen LogP contribution is -2.43. The number of rotatable bonds is 1. The zero-order valence-electron chi connectivity index (χ0n) is 14.7. The van der Waals surface area contributed by atoms with Gasteiger partial charge in [0.25, 0.3) is 0 Å². The van der Waals surface area contributed by atoms with Crippen LogP contribution in [0.5, 0.6) is 0 Å². The zero-order valence-corrected chi connectivity index (χ0v) is 14.7. The normalized spacial score (nSPS) is 17.8. The van der Waals surface area contributed by atoms with E-state index in [9.17, 15) is 18.0 Å². The third-order valence-corrected chi connectivity index (χ3v) is 4.11. The molecule has 1 amide bonds. The summed E-state index contributed by atoms with van der Waals surface area (Å²) in [6, 6.07) is 4.21. The molecule has 0 spiro atoms. The molecular weight excluding hydrogens is 347 g/mol. The lowest BCUT2D eigenvalue weighted by molar-refractivity contribution is -0.137. The lowest BCUT2D eigenvalue weighted by atomic mass is 9.95. The van der Waals surface area contributed by atoms with Gasteiger partial charge in [-0.2, -0.15) is 13.2 Å². The fourth-order valence-electron chi connectivity index (χ4n) is 2.99. The molecule has 1 unspecified atom stereocenters. The van der Waals surface area contributed by atoms with Gasteiger partial charge >= 0.3 is 12.3 Å². The third-order valence-electron chi connectivity index (χ3n) is 4.11. The molecule has 5 nitrogen and oxygen atoms in total. The van der Waals surface area contributed by atoms with Gasteiger partial charge in [-0.15, -0.1) is 0 Å². The molecule has 0 radical (unpaired) electrons. The van der Waals surface area contributed by atoms with Gasteiger partial charge in [0.15, 0.2) is 0 Å². The average Bonchev–Trinajstić information content (AvgIpc) is 3.00. The second-order valence-electron chi connectivity index (χ2n) is 7.21. The van der Waals surface area contributed by atoms with Crippen LogP contribution in [0.15, 0.2) is 30.6 Å². The number of carbonyl (C=O) groups excluding carboxylic acids is 1. The van der Waals surface area contributed by atoms with E-state index in [1.54, 1.807) is 20.8 Å².